The van der Waals surface area contributed by atoms with Gasteiger partial charge in [0.15, 0.2) is 0 Å². The maximum atomic E-state index is 11.0. The maximum Gasteiger partial charge on any atom is 0.219 e. The third kappa shape index (κ3) is 9.38. The molecule has 0 atom stereocenters. The molecule has 2 nitrogen and oxygen atoms in total. The van der Waals surface area contributed by atoms with Crippen LogP contribution >= 0.6 is 0 Å². The summed E-state index contributed by atoms with van der Waals surface area (Å²) in [5, 5.41) is 2.81. The van der Waals surface area contributed by atoms with Crippen LogP contribution in [0.1, 0.15) is 54.3 Å². The summed E-state index contributed by atoms with van der Waals surface area (Å²) in [6.45, 7) is 7.19. The van der Waals surface area contributed by atoms with Crippen molar-refractivity contribution in [3.8, 4) is 0 Å². The summed E-state index contributed by atoms with van der Waals surface area (Å²) in [4.78, 5) is 11.0. The van der Waals surface area contributed by atoms with Crippen LogP contribution in [-0.2, 0) is 4.79 Å². The molecule has 0 unspecified atom stereocenters. The first-order valence-corrected chi connectivity index (χ1v) is 5.43. The van der Waals surface area contributed by atoms with Crippen molar-refractivity contribution in [3.63, 3.8) is 0 Å². The van der Waals surface area contributed by atoms with Crippen LogP contribution in [0.5, 0.6) is 0 Å². The normalized spacial score (nSPS) is 10.5. The van der Waals surface area contributed by atoms with Gasteiger partial charge in [-0.1, -0.05) is 33.1 Å². The fourth-order valence-corrected chi connectivity index (χ4v) is 1.30. The predicted octanol–water partition coefficient (Wildman–Crippen LogP) is 2.98. The Morgan fingerprint density at radius 2 is 2.00 bits per heavy atom. The van der Waals surface area contributed by atoms with Crippen molar-refractivity contribution in [1.82, 2.24) is 5.32 Å². The van der Waals surface area contributed by atoms with Crippen molar-refractivity contribution in [2.24, 2.45) is 5.92 Å². The van der Waals surface area contributed by atoms with Gasteiger partial charge >= 0.3 is 0 Å². The van der Waals surface area contributed by atoms with E-state index >= 15 is 0 Å². The van der Waals surface area contributed by atoms with Crippen LogP contribution in [0.2, 0.25) is 0 Å². The molecule has 0 aromatic heterocycles. The Hall–Kier alpha value is -0.530. The number of rotatable bonds is 7. The molecule has 0 aromatic rings. The van der Waals surface area contributed by atoms with E-state index in [0.717, 1.165) is 18.9 Å². The van der Waals surface area contributed by atoms with Crippen molar-refractivity contribution < 1.29 is 6.22 Å². The second kappa shape index (κ2) is 8.09. The minimum absolute atomic E-state index is 0. The average Bonchev–Trinajstić information content (AvgIpc) is 2.03. The number of amides is 1. The zero-order valence-electron chi connectivity index (χ0n) is 9.23. The summed E-state index contributed by atoms with van der Waals surface area (Å²) in [6, 6.07) is 0. The Morgan fingerprint density at radius 1 is 1.31 bits per heavy atom. The van der Waals surface area contributed by atoms with Crippen LogP contribution in [0.25, 0.3) is 0 Å². The Bertz CT molecular complexity index is 137. The topological polar surface area (TPSA) is 29.1 Å². The monoisotopic (exact) mass is 187 g/mol. The molecular weight excluding hydrogens is 162 g/mol. The highest BCUT2D eigenvalue weighted by Gasteiger charge is 1.99. The molecule has 0 aliphatic carbocycles. The molecule has 0 bridgehead atoms. The van der Waals surface area contributed by atoms with Gasteiger partial charge in [-0.05, 0) is 19.3 Å². The van der Waals surface area contributed by atoms with Gasteiger partial charge in [-0.3, -0.25) is 4.79 Å². The fourth-order valence-electron chi connectivity index (χ4n) is 1.30. The largest absolute Gasteiger partial charge is 0.356 e. The first kappa shape index (κ1) is 12.5. The van der Waals surface area contributed by atoms with Crippen LogP contribution in [-0.4, -0.2) is 12.5 Å². The summed E-state index contributed by atoms with van der Waals surface area (Å²) in [7, 11) is 0. The first-order valence-electron chi connectivity index (χ1n) is 5.43. The number of hydrogen-bond acceptors (Lipinski definition) is 1. The molecule has 0 aliphatic rings. The molecular formula is C11H25NO. The van der Waals surface area contributed by atoms with Gasteiger partial charge in [0.2, 0.25) is 5.91 Å². The smallest absolute Gasteiger partial charge is 0.219 e. The zero-order chi connectivity index (χ0) is 10.1. The lowest BCUT2D eigenvalue weighted by Gasteiger charge is -2.04. The minimum Gasteiger partial charge on any atom is -0.356 e. The molecule has 2 heteroatoms. The summed E-state index contributed by atoms with van der Waals surface area (Å²) >= 11 is 0. The predicted molar refractivity (Wildman–Crippen MR) is 58.7 cm³/mol. The molecule has 0 saturated heterocycles. The van der Waals surface area contributed by atoms with E-state index in [-0.39, 0.29) is 7.33 Å². The fraction of sp³-hybridized carbons (Fsp3) is 0.909. The van der Waals surface area contributed by atoms with Gasteiger partial charge in [-0.2, -0.15) is 0 Å². The van der Waals surface area contributed by atoms with Crippen molar-refractivity contribution >= 4 is 5.91 Å². The summed E-state index contributed by atoms with van der Waals surface area (Å²) in [6.07, 6.45) is 5.48. The Kier molecular flexibility index (Phi) is 7.76. The SMILES string of the molecule is CCNC(=O)CCCCCC(C)C.[HH]. The van der Waals surface area contributed by atoms with Crippen LogP contribution in [0.3, 0.4) is 0 Å². The highest BCUT2D eigenvalue weighted by atomic mass is 16.1. The summed E-state index contributed by atoms with van der Waals surface area (Å²) in [5.74, 6) is 0.997. The van der Waals surface area contributed by atoms with E-state index in [9.17, 15) is 4.79 Å². The summed E-state index contributed by atoms with van der Waals surface area (Å²) in [5.41, 5.74) is 0. The molecule has 0 spiro atoms. The molecule has 13 heavy (non-hydrogen) atoms. The second-order valence-corrected chi connectivity index (χ2v) is 3.95. The number of unbranched alkanes of at least 4 members (excludes halogenated alkanes) is 2. The molecule has 0 rings (SSSR count). The Balaban J connectivity index is 0. The molecule has 0 fully saturated rings. The van der Waals surface area contributed by atoms with Crippen molar-refractivity contribution in [1.29, 1.82) is 0 Å². The highest BCUT2D eigenvalue weighted by molar-refractivity contribution is 5.75. The van der Waals surface area contributed by atoms with Crippen molar-refractivity contribution in [2.75, 3.05) is 6.54 Å². The second-order valence-electron chi connectivity index (χ2n) is 3.95. The van der Waals surface area contributed by atoms with Gasteiger partial charge in [0.25, 0.3) is 0 Å². The lowest BCUT2D eigenvalue weighted by atomic mass is 10.0. The quantitative estimate of drug-likeness (QED) is 0.610. The maximum absolute atomic E-state index is 11.0. The van der Waals surface area contributed by atoms with E-state index < -0.39 is 0 Å². The molecule has 0 saturated carbocycles. The third-order valence-electron chi connectivity index (χ3n) is 2.06. The van der Waals surface area contributed by atoms with E-state index in [1.54, 1.807) is 0 Å². The van der Waals surface area contributed by atoms with E-state index in [0.29, 0.717) is 6.42 Å². The molecule has 0 heterocycles. The van der Waals surface area contributed by atoms with Gasteiger partial charge in [0.1, 0.15) is 0 Å². The van der Waals surface area contributed by atoms with Gasteiger partial charge in [0, 0.05) is 14.4 Å². The van der Waals surface area contributed by atoms with Gasteiger partial charge in [-0.25, -0.2) is 0 Å². The number of carbonyl (C=O) groups excluding carboxylic acids is 1. The molecule has 1 N–H and O–H groups in total. The van der Waals surface area contributed by atoms with Crippen molar-refractivity contribution in [3.05, 3.63) is 0 Å². The van der Waals surface area contributed by atoms with Crippen LogP contribution in [0.4, 0.5) is 0 Å². The number of hydrogen-bond donors (Lipinski definition) is 1. The molecule has 80 valence electrons. The summed E-state index contributed by atoms with van der Waals surface area (Å²) < 4.78 is 0. The van der Waals surface area contributed by atoms with Crippen LogP contribution < -0.4 is 5.32 Å². The lowest BCUT2D eigenvalue weighted by Crippen LogP contribution is -2.21. The van der Waals surface area contributed by atoms with Crippen LogP contribution in [0, 0.1) is 5.92 Å². The first-order chi connectivity index (χ1) is 6.16. The Labute approximate surface area is 83.6 Å². The van der Waals surface area contributed by atoms with Gasteiger partial charge in [-0.15, -0.1) is 0 Å². The molecule has 0 aromatic carbocycles. The molecule has 0 aliphatic heterocycles. The standard InChI is InChI=1S/C11H23NO.H2/c1-4-12-11(13)9-7-5-6-8-10(2)3;/h10H,4-9H2,1-3H3,(H,12,13);1H. The van der Waals surface area contributed by atoms with Crippen molar-refractivity contribution in [2.45, 2.75) is 52.9 Å². The molecule has 0 radical (unpaired) electrons. The van der Waals surface area contributed by atoms with E-state index in [4.69, 9.17) is 0 Å². The van der Waals surface area contributed by atoms with E-state index in [1.165, 1.54) is 19.3 Å². The zero-order valence-corrected chi connectivity index (χ0v) is 9.23. The highest BCUT2D eigenvalue weighted by Crippen LogP contribution is 2.09. The van der Waals surface area contributed by atoms with Gasteiger partial charge < -0.3 is 5.32 Å². The number of nitrogens with one attached hydrogen (secondary N) is 1. The van der Waals surface area contributed by atoms with E-state index in [1.807, 2.05) is 6.92 Å². The number of carbonyl (C=O) groups is 1. The minimum atomic E-state index is 0. The average molecular weight is 187 g/mol. The third-order valence-corrected chi connectivity index (χ3v) is 2.06. The van der Waals surface area contributed by atoms with E-state index in [2.05, 4.69) is 19.2 Å². The molecule has 1 amide bonds. The Morgan fingerprint density at radius 3 is 2.54 bits per heavy atom. The van der Waals surface area contributed by atoms with Crippen LogP contribution in [0.15, 0.2) is 0 Å². The van der Waals surface area contributed by atoms with Gasteiger partial charge in [0.05, 0.1) is 0 Å². The lowest BCUT2D eigenvalue weighted by molar-refractivity contribution is -0.121.